The largest absolute Gasteiger partial charge is 0.369 e. The van der Waals surface area contributed by atoms with Crippen molar-refractivity contribution in [3.63, 3.8) is 0 Å². The number of hydrogen-bond acceptors (Lipinski definition) is 2. The van der Waals surface area contributed by atoms with Gasteiger partial charge in [-0.15, -0.1) is 0 Å². The number of nitrogens with zero attached hydrogens (tertiary/aromatic N) is 2. The molecule has 0 spiro atoms. The predicted octanol–water partition coefficient (Wildman–Crippen LogP) is 3.31. The number of halogens is 1. The quantitative estimate of drug-likeness (QED) is 0.838. The zero-order valence-corrected chi connectivity index (χ0v) is 10.3. The molecule has 0 radical (unpaired) electrons. The molecule has 0 saturated heterocycles. The average Bonchev–Trinajstić information content (AvgIpc) is 3.03. The van der Waals surface area contributed by atoms with E-state index in [4.69, 9.17) is 5.26 Å². The van der Waals surface area contributed by atoms with Crippen LogP contribution in [0.25, 0.3) is 0 Å². The van der Waals surface area contributed by atoms with Crippen LogP contribution in [-0.4, -0.2) is 12.6 Å². The first-order valence-electron chi connectivity index (χ1n) is 5.22. The molecule has 1 aromatic carbocycles. The van der Waals surface area contributed by atoms with Crippen LogP contribution in [0.1, 0.15) is 25.3 Å². The minimum Gasteiger partial charge on any atom is -0.369 e. The van der Waals surface area contributed by atoms with E-state index in [-0.39, 0.29) is 0 Å². The Labute approximate surface area is 98.6 Å². The lowest BCUT2D eigenvalue weighted by Crippen LogP contribution is -2.24. The summed E-state index contributed by atoms with van der Waals surface area (Å²) in [6.07, 6.45) is 2.59. The Bertz CT molecular complexity index is 405. The van der Waals surface area contributed by atoms with Crippen molar-refractivity contribution < 1.29 is 0 Å². The molecule has 2 nitrogen and oxygen atoms in total. The van der Waals surface area contributed by atoms with Gasteiger partial charge in [0.2, 0.25) is 0 Å². The highest BCUT2D eigenvalue weighted by Gasteiger charge is 2.28. The van der Waals surface area contributed by atoms with Gasteiger partial charge in [-0.1, -0.05) is 0 Å². The molecular formula is C12H13BrN2. The third-order valence-corrected chi connectivity index (χ3v) is 3.39. The Balaban J connectivity index is 2.28. The van der Waals surface area contributed by atoms with Crippen LogP contribution in [0, 0.1) is 11.3 Å². The van der Waals surface area contributed by atoms with Gasteiger partial charge in [-0.25, -0.2) is 0 Å². The molecule has 1 aliphatic carbocycles. The van der Waals surface area contributed by atoms with E-state index in [0.717, 1.165) is 17.1 Å². The van der Waals surface area contributed by atoms with E-state index in [1.165, 1.54) is 18.5 Å². The normalized spacial score (nSPS) is 14.7. The van der Waals surface area contributed by atoms with Gasteiger partial charge in [0, 0.05) is 22.7 Å². The van der Waals surface area contributed by atoms with Crippen LogP contribution < -0.4 is 4.90 Å². The summed E-state index contributed by atoms with van der Waals surface area (Å²) < 4.78 is 0.890. The van der Waals surface area contributed by atoms with Gasteiger partial charge in [0.15, 0.2) is 0 Å². The van der Waals surface area contributed by atoms with Crippen LogP contribution in [0.4, 0.5) is 5.69 Å². The molecule has 0 aliphatic heterocycles. The van der Waals surface area contributed by atoms with Gasteiger partial charge >= 0.3 is 0 Å². The Morgan fingerprint density at radius 3 is 2.73 bits per heavy atom. The second-order valence-electron chi connectivity index (χ2n) is 3.79. The standard InChI is InChI=1S/C12H13BrN2/c1-2-15(10-5-6-10)11-4-3-9(8-14)12(13)7-11/h3-4,7,10H,2,5-6H2,1H3. The van der Waals surface area contributed by atoms with Crippen molar-refractivity contribution in [3.05, 3.63) is 28.2 Å². The topological polar surface area (TPSA) is 27.0 Å². The van der Waals surface area contributed by atoms with E-state index in [1.54, 1.807) is 0 Å². The summed E-state index contributed by atoms with van der Waals surface area (Å²) in [4.78, 5) is 2.39. The number of anilines is 1. The molecule has 0 heterocycles. The minimum atomic E-state index is 0.700. The van der Waals surface area contributed by atoms with E-state index in [9.17, 15) is 0 Å². The third-order valence-electron chi connectivity index (χ3n) is 2.73. The zero-order valence-electron chi connectivity index (χ0n) is 8.70. The molecule has 0 atom stereocenters. The fraction of sp³-hybridized carbons (Fsp3) is 0.417. The van der Waals surface area contributed by atoms with Crippen molar-refractivity contribution in [2.45, 2.75) is 25.8 Å². The fourth-order valence-electron chi connectivity index (χ4n) is 1.81. The Kier molecular flexibility index (Phi) is 2.97. The highest BCUT2D eigenvalue weighted by molar-refractivity contribution is 9.10. The number of nitriles is 1. The Morgan fingerprint density at radius 2 is 2.27 bits per heavy atom. The van der Waals surface area contributed by atoms with E-state index in [1.807, 2.05) is 18.2 Å². The maximum absolute atomic E-state index is 8.83. The van der Waals surface area contributed by atoms with Crippen LogP contribution in [0.2, 0.25) is 0 Å². The van der Waals surface area contributed by atoms with Crippen molar-refractivity contribution in [1.82, 2.24) is 0 Å². The highest BCUT2D eigenvalue weighted by Crippen LogP contribution is 2.33. The second kappa shape index (κ2) is 4.24. The van der Waals surface area contributed by atoms with Gasteiger partial charge in [0.05, 0.1) is 5.56 Å². The molecule has 1 saturated carbocycles. The molecule has 0 amide bonds. The van der Waals surface area contributed by atoms with E-state index in [0.29, 0.717) is 5.56 Å². The van der Waals surface area contributed by atoms with Crippen molar-refractivity contribution in [2.75, 3.05) is 11.4 Å². The first kappa shape index (κ1) is 10.5. The molecule has 1 fully saturated rings. The second-order valence-corrected chi connectivity index (χ2v) is 4.65. The van der Waals surface area contributed by atoms with E-state index < -0.39 is 0 Å². The molecule has 0 bridgehead atoms. The van der Waals surface area contributed by atoms with Crippen LogP contribution in [0.5, 0.6) is 0 Å². The molecule has 15 heavy (non-hydrogen) atoms. The Hall–Kier alpha value is -1.01. The lowest BCUT2D eigenvalue weighted by molar-refractivity contribution is 0.826. The molecule has 3 heteroatoms. The highest BCUT2D eigenvalue weighted by atomic mass is 79.9. The van der Waals surface area contributed by atoms with Crippen LogP contribution in [-0.2, 0) is 0 Å². The molecule has 1 aliphatic rings. The molecule has 1 aromatic rings. The number of rotatable bonds is 3. The maximum atomic E-state index is 8.83. The Morgan fingerprint density at radius 1 is 1.53 bits per heavy atom. The lowest BCUT2D eigenvalue weighted by Gasteiger charge is -2.23. The summed E-state index contributed by atoms with van der Waals surface area (Å²) in [5.41, 5.74) is 1.91. The molecule has 0 N–H and O–H groups in total. The van der Waals surface area contributed by atoms with Crippen molar-refractivity contribution in [2.24, 2.45) is 0 Å². The molecular weight excluding hydrogens is 252 g/mol. The summed E-state index contributed by atoms with van der Waals surface area (Å²) >= 11 is 3.43. The minimum absolute atomic E-state index is 0.700. The number of hydrogen-bond donors (Lipinski definition) is 0. The van der Waals surface area contributed by atoms with Crippen molar-refractivity contribution >= 4 is 21.6 Å². The van der Waals surface area contributed by atoms with Crippen LogP contribution in [0.15, 0.2) is 22.7 Å². The molecule has 78 valence electrons. The van der Waals surface area contributed by atoms with Crippen molar-refractivity contribution in [3.8, 4) is 6.07 Å². The van der Waals surface area contributed by atoms with Gasteiger partial charge in [-0.05, 0) is 53.9 Å². The third kappa shape index (κ3) is 2.15. The summed E-state index contributed by atoms with van der Waals surface area (Å²) in [6.45, 7) is 3.20. The van der Waals surface area contributed by atoms with Crippen LogP contribution >= 0.6 is 15.9 Å². The zero-order chi connectivity index (χ0) is 10.8. The van der Waals surface area contributed by atoms with Gasteiger partial charge in [0.25, 0.3) is 0 Å². The van der Waals surface area contributed by atoms with Crippen molar-refractivity contribution in [1.29, 1.82) is 5.26 Å². The first-order valence-corrected chi connectivity index (χ1v) is 6.02. The summed E-state index contributed by atoms with van der Waals surface area (Å²) in [5, 5.41) is 8.83. The van der Waals surface area contributed by atoms with Gasteiger partial charge in [-0.3, -0.25) is 0 Å². The van der Waals surface area contributed by atoms with E-state index in [2.05, 4.69) is 33.8 Å². The monoisotopic (exact) mass is 264 g/mol. The predicted molar refractivity (Wildman–Crippen MR) is 64.9 cm³/mol. The molecule has 0 unspecified atom stereocenters. The summed E-state index contributed by atoms with van der Waals surface area (Å²) in [6, 6.07) is 8.83. The van der Waals surface area contributed by atoms with Crippen LogP contribution in [0.3, 0.4) is 0 Å². The average molecular weight is 265 g/mol. The first-order chi connectivity index (χ1) is 7.26. The summed E-state index contributed by atoms with van der Waals surface area (Å²) in [7, 11) is 0. The SMILES string of the molecule is CCN(c1ccc(C#N)c(Br)c1)C1CC1. The summed E-state index contributed by atoms with van der Waals surface area (Å²) in [5.74, 6) is 0. The maximum Gasteiger partial charge on any atom is 0.100 e. The molecule has 2 rings (SSSR count). The van der Waals surface area contributed by atoms with Gasteiger partial charge < -0.3 is 4.90 Å². The van der Waals surface area contributed by atoms with Gasteiger partial charge in [0.1, 0.15) is 6.07 Å². The molecule has 0 aromatic heterocycles. The van der Waals surface area contributed by atoms with Gasteiger partial charge in [-0.2, -0.15) is 5.26 Å². The number of benzene rings is 1. The lowest BCUT2D eigenvalue weighted by atomic mass is 10.2. The smallest absolute Gasteiger partial charge is 0.100 e. The van der Waals surface area contributed by atoms with E-state index >= 15 is 0 Å². The fourth-order valence-corrected chi connectivity index (χ4v) is 2.27.